The molecule has 0 heterocycles. The van der Waals surface area contributed by atoms with E-state index < -0.39 is 0 Å². The molecule has 1 amide bonds. The lowest BCUT2D eigenvalue weighted by Gasteiger charge is -2.14. The van der Waals surface area contributed by atoms with Gasteiger partial charge in [-0.2, -0.15) is 0 Å². The average Bonchev–Trinajstić information content (AvgIpc) is 2.49. The number of ether oxygens (including phenoxy) is 1. The van der Waals surface area contributed by atoms with Crippen LogP contribution in [0.2, 0.25) is 5.02 Å². The fourth-order valence-electron chi connectivity index (χ4n) is 2.24. The van der Waals surface area contributed by atoms with Gasteiger partial charge in [0.05, 0.1) is 19.2 Å². The first kappa shape index (κ1) is 17.8. The van der Waals surface area contributed by atoms with E-state index in [-0.39, 0.29) is 5.91 Å². The molecule has 0 bridgehead atoms. The molecule has 0 saturated heterocycles. The number of nitrogens with one attached hydrogen (secondary N) is 2. The van der Waals surface area contributed by atoms with Crippen LogP contribution in [-0.2, 0) is 11.3 Å². The third kappa shape index (κ3) is 5.53. The Kier molecular flexibility index (Phi) is 6.45. The van der Waals surface area contributed by atoms with Crippen molar-refractivity contribution < 1.29 is 14.4 Å². The van der Waals surface area contributed by atoms with Crippen LogP contribution >= 0.6 is 27.5 Å². The standard InChI is InChI=1S/C17H18BrClN2O2/c1-21(10-12-3-5-13(18)6-4-12)11-17(22)20-14-7-8-16(23-2)15(19)9-14/h3-9H,10-11H2,1-2H3,(H,20,22)/p+1. The van der Waals surface area contributed by atoms with E-state index >= 15 is 0 Å². The van der Waals surface area contributed by atoms with Crippen LogP contribution in [0, 0.1) is 0 Å². The number of rotatable bonds is 6. The van der Waals surface area contributed by atoms with Crippen LogP contribution in [0.25, 0.3) is 0 Å². The summed E-state index contributed by atoms with van der Waals surface area (Å²) in [6, 6.07) is 13.3. The maximum absolute atomic E-state index is 12.1. The lowest BCUT2D eigenvalue weighted by atomic mass is 10.2. The summed E-state index contributed by atoms with van der Waals surface area (Å²) >= 11 is 9.47. The van der Waals surface area contributed by atoms with Crippen molar-refractivity contribution >= 4 is 39.1 Å². The van der Waals surface area contributed by atoms with Crippen molar-refractivity contribution in [3.63, 3.8) is 0 Å². The SMILES string of the molecule is COc1ccc(NC(=O)C[NH+](C)Cc2ccc(Br)cc2)cc1Cl. The van der Waals surface area contributed by atoms with Crippen LogP contribution in [0.5, 0.6) is 5.75 Å². The Hall–Kier alpha value is -1.56. The Morgan fingerprint density at radius 1 is 1.26 bits per heavy atom. The zero-order valence-electron chi connectivity index (χ0n) is 13.0. The topological polar surface area (TPSA) is 42.8 Å². The number of amides is 1. The number of halogens is 2. The van der Waals surface area contributed by atoms with Crippen molar-refractivity contribution in [2.45, 2.75) is 6.54 Å². The largest absolute Gasteiger partial charge is 0.495 e. The quantitative estimate of drug-likeness (QED) is 0.786. The van der Waals surface area contributed by atoms with Gasteiger partial charge in [0.15, 0.2) is 6.54 Å². The second-order valence-electron chi connectivity index (χ2n) is 5.33. The second kappa shape index (κ2) is 8.34. The Balaban J connectivity index is 1.88. The molecule has 1 atom stereocenters. The van der Waals surface area contributed by atoms with E-state index in [9.17, 15) is 4.79 Å². The van der Waals surface area contributed by atoms with Gasteiger partial charge in [-0.3, -0.25) is 4.79 Å². The molecule has 6 heteroatoms. The minimum atomic E-state index is -0.0548. The molecule has 2 aromatic rings. The molecule has 0 aliphatic rings. The summed E-state index contributed by atoms with van der Waals surface area (Å²) in [7, 11) is 3.54. The molecular formula is C17H19BrClN2O2+. The molecule has 2 aromatic carbocycles. The lowest BCUT2D eigenvalue weighted by molar-refractivity contribution is -0.885. The minimum absolute atomic E-state index is 0.0548. The smallest absolute Gasteiger partial charge is 0.279 e. The third-order valence-corrected chi connectivity index (χ3v) is 4.14. The van der Waals surface area contributed by atoms with Gasteiger partial charge >= 0.3 is 0 Å². The number of carbonyl (C=O) groups is 1. The van der Waals surface area contributed by atoms with Gasteiger partial charge in [0.25, 0.3) is 5.91 Å². The highest BCUT2D eigenvalue weighted by Gasteiger charge is 2.12. The molecule has 0 saturated carbocycles. The van der Waals surface area contributed by atoms with Gasteiger partial charge in [0, 0.05) is 15.7 Å². The molecule has 1 unspecified atom stereocenters. The Morgan fingerprint density at radius 3 is 2.57 bits per heavy atom. The highest BCUT2D eigenvalue weighted by atomic mass is 79.9. The minimum Gasteiger partial charge on any atom is -0.495 e. The highest BCUT2D eigenvalue weighted by molar-refractivity contribution is 9.10. The predicted molar refractivity (Wildman–Crippen MR) is 96.2 cm³/mol. The molecule has 0 aliphatic carbocycles. The van der Waals surface area contributed by atoms with Crippen molar-refractivity contribution in [2.75, 3.05) is 26.0 Å². The maximum Gasteiger partial charge on any atom is 0.279 e. The number of hydrogen-bond donors (Lipinski definition) is 2. The van der Waals surface area contributed by atoms with E-state index in [2.05, 4.69) is 33.4 Å². The van der Waals surface area contributed by atoms with Gasteiger partial charge in [0.2, 0.25) is 0 Å². The first-order valence-corrected chi connectivity index (χ1v) is 8.34. The fourth-order valence-corrected chi connectivity index (χ4v) is 2.76. The van der Waals surface area contributed by atoms with Gasteiger partial charge in [0.1, 0.15) is 12.3 Å². The highest BCUT2D eigenvalue weighted by Crippen LogP contribution is 2.27. The van der Waals surface area contributed by atoms with Gasteiger partial charge in [-0.25, -0.2) is 0 Å². The van der Waals surface area contributed by atoms with Crippen molar-refractivity contribution in [2.24, 2.45) is 0 Å². The summed E-state index contributed by atoms with van der Waals surface area (Å²) in [4.78, 5) is 13.2. The molecule has 0 spiro atoms. The zero-order valence-corrected chi connectivity index (χ0v) is 15.4. The van der Waals surface area contributed by atoms with Crippen LogP contribution in [-0.4, -0.2) is 26.6 Å². The monoisotopic (exact) mass is 397 g/mol. The van der Waals surface area contributed by atoms with Crippen LogP contribution in [0.3, 0.4) is 0 Å². The summed E-state index contributed by atoms with van der Waals surface area (Å²) in [5.41, 5.74) is 1.85. The van der Waals surface area contributed by atoms with E-state index in [0.29, 0.717) is 23.0 Å². The van der Waals surface area contributed by atoms with E-state index in [0.717, 1.165) is 15.9 Å². The Morgan fingerprint density at radius 2 is 1.96 bits per heavy atom. The third-order valence-electron chi connectivity index (χ3n) is 3.32. The van der Waals surface area contributed by atoms with Crippen LogP contribution in [0.1, 0.15) is 5.56 Å². The van der Waals surface area contributed by atoms with Gasteiger partial charge in [-0.05, 0) is 30.3 Å². The van der Waals surface area contributed by atoms with Crippen LogP contribution in [0.15, 0.2) is 46.9 Å². The number of benzene rings is 2. The molecule has 2 rings (SSSR count). The van der Waals surface area contributed by atoms with Gasteiger partial charge in [-0.15, -0.1) is 0 Å². The van der Waals surface area contributed by atoms with E-state index in [1.807, 2.05) is 19.2 Å². The summed E-state index contributed by atoms with van der Waals surface area (Å²) in [6.07, 6.45) is 0. The Labute approximate surface area is 149 Å². The molecule has 0 radical (unpaired) electrons. The van der Waals surface area contributed by atoms with Crippen molar-refractivity contribution in [3.05, 3.63) is 57.5 Å². The fraction of sp³-hybridized carbons (Fsp3) is 0.235. The Bertz CT molecular complexity index is 677. The molecule has 122 valence electrons. The number of carbonyl (C=O) groups excluding carboxylic acids is 1. The number of anilines is 1. The lowest BCUT2D eigenvalue weighted by Crippen LogP contribution is -3.08. The number of hydrogen-bond acceptors (Lipinski definition) is 2. The number of methoxy groups -OCH3 is 1. The first-order chi connectivity index (χ1) is 11.0. The predicted octanol–water partition coefficient (Wildman–Crippen LogP) is 2.76. The van der Waals surface area contributed by atoms with Gasteiger partial charge < -0.3 is 15.0 Å². The van der Waals surface area contributed by atoms with Crippen molar-refractivity contribution in [3.8, 4) is 5.75 Å². The molecule has 2 N–H and O–H groups in total. The normalized spacial score (nSPS) is 11.8. The maximum atomic E-state index is 12.1. The van der Waals surface area contributed by atoms with Crippen LogP contribution < -0.4 is 15.0 Å². The molecule has 0 aromatic heterocycles. The summed E-state index contributed by atoms with van der Waals surface area (Å²) < 4.78 is 6.14. The van der Waals surface area contributed by atoms with E-state index in [1.54, 1.807) is 25.3 Å². The van der Waals surface area contributed by atoms with Crippen molar-refractivity contribution in [1.82, 2.24) is 0 Å². The number of likely N-dealkylation sites (N-methyl/N-ethyl adjacent to an activating group) is 1. The van der Waals surface area contributed by atoms with E-state index in [1.165, 1.54) is 5.56 Å². The molecule has 23 heavy (non-hydrogen) atoms. The van der Waals surface area contributed by atoms with Crippen molar-refractivity contribution in [1.29, 1.82) is 0 Å². The summed E-state index contributed by atoms with van der Waals surface area (Å²) in [5, 5.41) is 3.33. The second-order valence-corrected chi connectivity index (χ2v) is 6.66. The molecule has 0 aliphatic heterocycles. The summed E-state index contributed by atoms with van der Waals surface area (Å²) in [6.45, 7) is 1.16. The molecular weight excluding hydrogens is 380 g/mol. The molecule has 0 fully saturated rings. The molecule has 4 nitrogen and oxygen atoms in total. The zero-order chi connectivity index (χ0) is 16.8. The number of quaternary nitrogens is 1. The van der Waals surface area contributed by atoms with E-state index in [4.69, 9.17) is 16.3 Å². The summed E-state index contributed by atoms with van der Waals surface area (Å²) in [5.74, 6) is 0.531. The average molecular weight is 399 g/mol. The first-order valence-electron chi connectivity index (χ1n) is 7.17. The van der Waals surface area contributed by atoms with Gasteiger partial charge in [-0.1, -0.05) is 39.7 Å². The van der Waals surface area contributed by atoms with Crippen LogP contribution in [0.4, 0.5) is 5.69 Å².